The lowest BCUT2D eigenvalue weighted by atomic mass is 9.96. The molecular weight excluding hydrogens is 418 g/mol. The van der Waals surface area contributed by atoms with Gasteiger partial charge >= 0.3 is 6.09 Å². The van der Waals surface area contributed by atoms with Gasteiger partial charge in [0, 0.05) is 17.0 Å². The van der Waals surface area contributed by atoms with Gasteiger partial charge < -0.3 is 19.5 Å². The van der Waals surface area contributed by atoms with Gasteiger partial charge in [0.05, 0.1) is 13.2 Å². The fraction of sp³-hybridized carbons (Fsp3) is 0.417. The van der Waals surface area contributed by atoms with Crippen molar-refractivity contribution in [2.75, 3.05) is 13.2 Å². The summed E-state index contributed by atoms with van der Waals surface area (Å²) in [6.07, 6.45) is 0.193. The molecule has 2 atom stereocenters. The molecule has 31 heavy (non-hydrogen) atoms. The summed E-state index contributed by atoms with van der Waals surface area (Å²) in [4.78, 5) is 25.8. The molecule has 1 fully saturated rings. The first-order valence-electron chi connectivity index (χ1n) is 10.3. The van der Waals surface area contributed by atoms with Crippen LogP contribution in [0.3, 0.4) is 0 Å². The van der Waals surface area contributed by atoms with Gasteiger partial charge in [-0.15, -0.1) is 0 Å². The minimum absolute atomic E-state index is 0.0258. The Hall–Kier alpha value is -2.57. The van der Waals surface area contributed by atoms with Gasteiger partial charge in [-0.1, -0.05) is 23.7 Å². The van der Waals surface area contributed by atoms with Crippen LogP contribution >= 0.6 is 11.6 Å². The molecule has 1 aliphatic heterocycles. The van der Waals surface area contributed by atoms with Crippen LogP contribution in [-0.2, 0) is 9.47 Å². The van der Waals surface area contributed by atoms with E-state index in [2.05, 4.69) is 5.32 Å². The number of Topliss-reactive ketones (excluding diaryl/α,β-unsaturated/α-hetero) is 1. The van der Waals surface area contributed by atoms with Crippen LogP contribution in [0.4, 0.5) is 4.79 Å². The molecule has 0 aromatic heterocycles. The number of carbonyl (C=O) groups excluding carboxylic acids is 2. The van der Waals surface area contributed by atoms with Gasteiger partial charge in [-0.25, -0.2) is 4.79 Å². The first kappa shape index (κ1) is 23.1. The number of ketones is 1. The number of carbonyl (C=O) groups is 2. The fourth-order valence-electron chi connectivity index (χ4n) is 3.18. The second-order valence-corrected chi connectivity index (χ2v) is 8.99. The average Bonchev–Trinajstić information content (AvgIpc) is 3.20. The van der Waals surface area contributed by atoms with E-state index < -0.39 is 17.7 Å². The second kappa shape index (κ2) is 9.71. The molecular formula is C24H28ClNO5. The largest absolute Gasteiger partial charge is 0.488 e. The molecule has 2 aromatic rings. The van der Waals surface area contributed by atoms with Crippen molar-refractivity contribution in [3.8, 4) is 5.75 Å². The van der Waals surface area contributed by atoms with Crippen molar-refractivity contribution in [3.63, 3.8) is 0 Å². The smallest absolute Gasteiger partial charge is 0.408 e. The van der Waals surface area contributed by atoms with E-state index in [0.717, 1.165) is 12.0 Å². The maximum absolute atomic E-state index is 13.3. The topological polar surface area (TPSA) is 73.9 Å². The van der Waals surface area contributed by atoms with Crippen LogP contribution in [0.1, 0.15) is 54.7 Å². The van der Waals surface area contributed by atoms with Crippen LogP contribution in [0.5, 0.6) is 5.75 Å². The van der Waals surface area contributed by atoms with Gasteiger partial charge in [0.1, 0.15) is 23.5 Å². The van der Waals surface area contributed by atoms with E-state index in [9.17, 15) is 9.59 Å². The lowest BCUT2D eigenvalue weighted by Crippen LogP contribution is -2.38. The van der Waals surface area contributed by atoms with Crippen LogP contribution in [0.2, 0.25) is 5.02 Å². The number of amides is 1. The van der Waals surface area contributed by atoms with E-state index in [4.69, 9.17) is 25.8 Å². The third kappa shape index (κ3) is 6.45. The summed E-state index contributed by atoms with van der Waals surface area (Å²) in [5, 5.41) is 3.21. The van der Waals surface area contributed by atoms with Gasteiger partial charge in [0.15, 0.2) is 5.78 Å². The molecule has 1 heterocycles. The number of alkyl carbamates (subject to hydrolysis) is 1. The van der Waals surface area contributed by atoms with E-state index >= 15 is 0 Å². The highest BCUT2D eigenvalue weighted by atomic mass is 35.5. The quantitative estimate of drug-likeness (QED) is 0.613. The zero-order valence-corrected chi connectivity index (χ0v) is 19.0. The first-order chi connectivity index (χ1) is 14.6. The number of aryl methyl sites for hydroxylation is 1. The molecule has 166 valence electrons. The number of benzene rings is 2. The lowest BCUT2D eigenvalue weighted by molar-refractivity contribution is 0.0490. The molecule has 0 bridgehead atoms. The molecule has 6 nitrogen and oxygen atoms in total. The molecule has 0 spiro atoms. The van der Waals surface area contributed by atoms with Crippen LogP contribution in [0.25, 0.3) is 0 Å². The van der Waals surface area contributed by atoms with E-state index in [0.29, 0.717) is 35.1 Å². The van der Waals surface area contributed by atoms with E-state index in [-0.39, 0.29) is 11.9 Å². The highest BCUT2D eigenvalue weighted by Gasteiger charge is 2.27. The van der Waals surface area contributed by atoms with Crippen molar-refractivity contribution in [2.45, 2.75) is 51.9 Å². The maximum atomic E-state index is 13.3. The van der Waals surface area contributed by atoms with Crippen molar-refractivity contribution in [3.05, 3.63) is 64.2 Å². The molecule has 2 aromatic carbocycles. The minimum Gasteiger partial charge on any atom is -0.488 e. The number of hydrogen-bond donors (Lipinski definition) is 1. The maximum Gasteiger partial charge on any atom is 0.408 e. The predicted molar refractivity (Wildman–Crippen MR) is 119 cm³/mol. The second-order valence-electron chi connectivity index (χ2n) is 8.58. The van der Waals surface area contributed by atoms with Crippen molar-refractivity contribution in [1.82, 2.24) is 5.32 Å². The fourth-order valence-corrected chi connectivity index (χ4v) is 3.37. The monoisotopic (exact) mass is 445 g/mol. The summed E-state index contributed by atoms with van der Waals surface area (Å²) in [5.74, 6) is 0.392. The molecule has 3 rings (SSSR count). The van der Waals surface area contributed by atoms with Gasteiger partial charge in [0.2, 0.25) is 0 Å². The van der Waals surface area contributed by atoms with Crippen LogP contribution in [-0.4, -0.2) is 36.8 Å². The Morgan fingerprint density at radius 3 is 2.45 bits per heavy atom. The molecule has 1 N–H and O–H groups in total. The number of nitrogens with one attached hydrogen (secondary N) is 1. The lowest BCUT2D eigenvalue weighted by Gasteiger charge is -2.24. The van der Waals surface area contributed by atoms with Crippen molar-refractivity contribution >= 4 is 23.5 Å². The van der Waals surface area contributed by atoms with Crippen LogP contribution < -0.4 is 10.1 Å². The zero-order chi connectivity index (χ0) is 22.6. The number of rotatable bonds is 6. The van der Waals surface area contributed by atoms with E-state index in [1.54, 1.807) is 57.2 Å². The molecule has 1 aliphatic rings. The summed E-state index contributed by atoms with van der Waals surface area (Å²) in [5.41, 5.74) is 1.21. The summed E-state index contributed by atoms with van der Waals surface area (Å²) >= 11 is 6.27. The zero-order valence-electron chi connectivity index (χ0n) is 18.2. The number of ether oxygens (including phenoxy) is 3. The summed E-state index contributed by atoms with van der Waals surface area (Å²) in [7, 11) is 0. The molecule has 2 unspecified atom stereocenters. The molecule has 0 aliphatic carbocycles. The van der Waals surface area contributed by atoms with Gasteiger partial charge in [-0.3, -0.25) is 4.79 Å². The van der Waals surface area contributed by atoms with Gasteiger partial charge in [0.25, 0.3) is 0 Å². The normalized spacial score (nSPS) is 17.1. The first-order valence-corrected chi connectivity index (χ1v) is 10.6. The Labute approximate surface area is 187 Å². The summed E-state index contributed by atoms with van der Waals surface area (Å²) in [6.45, 7) is 8.42. The summed E-state index contributed by atoms with van der Waals surface area (Å²) in [6, 6.07) is 11.2. The van der Waals surface area contributed by atoms with Crippen molar-refractivity contribution in [1.29, 1.82) is 0 Å². The van der Waals surface area contributed by atoms with Gasteiger partial charge in [-0.05, 0) is 69.2 Å². The Bertz CT molecular complexity index is 930. The third-order valence-corrected chi connectivity index (χ3v) is 5.19. The molecule has 7 heteroatoms. The standard InChI is InChI=1S/C24H28ClNO5/c1-15-5-6-17(13-20(15)25)21(26-23(28)31-24(2,3)4)22(27)16-7-9-18(10-8-16)30-19-11-12-29-14-19/h5-10,13,19,21H,11-12,14H2,1-4H3,(H,26,28). The van der Waals surface area contributed by atoms with E-state index in [1.807, 2.05) is 13.0 Å². The van der Waals surface area contributed by atoms with Crippen LogP contribution in [0.15, 0.2) is 42.5 Å². The summed E-state index contributed by atoms with van der Waals surface area (Å²) < 4.78 is 16.5. The molecule has 1 saturated heterocycles. The molecule has 1 amide bonds. The highest BCUT2D eigenvalue weighted by molar-refractivity contribution is 6.31. The molecule has 0 saturated carbocycles. The Kier molecular flexibility index (Phi) is 7.23. The Balaban J connectivity index is 1.82. The SMILES string of the molecule is Cc1ccc(C(NC(=O)OC(C)(C)C)C(=O)c2ccc(OC3CCOC3)cc2)cc1Cl. The highest BCUT2D eigenvalue weighted by Crippen LogP contribution is 2.26. The van der Waals surface area contributed by atoms with E-state index in [1.165, 1.54) is 0 Å². The van der Waals surface area contributed by atoms with Crippen LogP contribution in [0, 0.1) is 6.92 Å². The minimum atomic E-state index is -0.942. The van der Waals surface area contributed by atoms with Gasteiger partial charge in [-0.2, -0.15) is 0 Å². The average molecular weight is 446 g/mol. The Morgan fingerprint density at radius 1 is 1.16 bits per heavy atom. The predicted octanol–water partition coefficient (Wildman–Crippen LogP) is 5.26. The Morgan fingerprint density at radius 2 is 1.87 bits per heavy atom. The number of halogens is 1. The van der Waals surface area contributed by atoms with Crippen molar-refractivity contribution < 1.29 is 23.8 Å². The third-order valence-electron chi connectivity index (χ3n) is 4.78. The number of hydrogen-bond acceptors (Lipinski definition) is 5. The molecule has 0 radical (unpaired) electrons. The van der Waals surface area contributed by atoms with Crippen molar-refractivity contribution in [2.24, 2.45) is 0 Å².